The Hall–Kier alpha value is -0.720. The van der Waals surface area contributed by atoms with E-state index in [1.165, 1.54) is 6.07 Å². The van der Waals surface area contributed by atoms with E-state index in [4.69, 9.17) is 5.73 Å². The minimum atomic E-state index is -3.45. The molecule has 1 aromatic carbocycles. The maximum Gasteiger partial charge on any atom is 0.240 e. The van der Waals surface area contributed by atoms with Gasteiger partial charge in [0, 0.05) is 11.7 Å². The topological polar surface area (TPSA) is 72.2 Å². The first-order valence-corrected chi connectivity index (χ1v) is 8.20. The molecule has 0 aliphatic carbocycles. The van der Waals surface area contributed by atoms with Crippen molar-refractivity contribution in [2.45, 2.75) is 24.3 Å². The van der Waals surface area contributed by atoms with Crippen LogP contribution in [0.25, 0.3) is 0 Å². The summed E-state index contributed by atoms with van der Waals surface area (Å²) < 4.78 is 26.6. The van der Waals surface area contributed by atoms with Gasteiger partial charge in [-0.3, -0.25) is 0 Å². The van der Waals surface area contributed by atoms with Crippen LogP contribution in [0.5, 0.6) is 0 Å². The fourth-order valence-corrected chi connectivity index (χ4v) is 3.29. The number of hydrogen-bond acceptors (Lipinski definition) is 4. The van der Waals surface area contributed by atoms with Crippen LogP contribution in [0, 0.1) is 0 Å². The van der Waals surface area contributed by atoms with Gasteiger partial charge in [-0.1, -0.05) is 6.07 Å². The lowest BCUT2D eigenvalue weighted by molar-refractivity contribution is 0.557. The fourth-order valence-electron chi connectivity index (χ4n) is 1.37. The van der Waals surface area contributed by atoms with E-state index in [1.54, 1.807) is 30.0 Å². The highest BCUT2D eigenvalue weighted by atomic mass is 32.2. The van der Waals surface area contributed by atoms with Gasteiger partial charge in [-0.05, 0) is 43.6 Å². The molecule has 1 rings (SSSR count). The van der Waals surface area contributed by atoms with Crippen molar-refractivity contribution in [2.75, 3.05) is 17.7 Å². The average molecular weight is 274 g/mol. The second-order valence-corrected chi connectivity index (χ2v) is 6.58. The highest BCUT2D eigenvalue weighted by Gasteiger charge is 2.16. The molecule has 0 aromatic heterocycles. The Balaban J connectivity index is 2.75. The first-order chi connectivity index (χ1) is 7.95. The molecule has 1 atom stereocenters. The molecule has 0 heterocycles. The number of nitrogen functional groups attached to an aromatic ring is 1. The fraction of sp³-hybridized carbons (Fsp3) is 0.455. The van der Waals surface area contributed by atoms with E-state index in [1.807, 2.05) is 13.2 Å². The number of hydrogen-bond donors (Lipinski definition) is 2. The van der Waals surface area contributed by atoms with Crippen LogP contribution in [0.1, 0.15) is 13.3 Å². The largest absolute Gasteiger partial charge is 0.399 e. The van der Waals surface area contributed by atoms with Gasteiger partial charge in [0.15, 0.2) is 0 Å². The van der Waals surface area contributed by atoms with Gasteiger partial charge in [-0.15, -0.1) is 0 Å². The van der Waals surface area contributed by atoms with Crippen LogP contribution in [0.2, 0.25) is 0 Å². The minimum Gasteiger partial charge on any atom is -0.399 e. The van der Waals surface area contributed by atoms with E-state index in [2.05, 4.69) is 4.72 Å². The van der Waals surface area contributed by atoms with Crippen molar-refractivity contribution in [3.05, 3.63) is 24.3 Å². The maximum absolute atomic E-state index is 12.0. The monoisotopic (exact) mass is 274 g/mol. The van der Waals surface area contributed by atoms with Gasteiger partial charge in [0.25, 0.3) is 0 Å². The second-order valence-electron chi connectivity index (χ2n) is 3.88. The van der Waals surface area contributed by atoms with E-state index >= 15 is 0 Å². The summed E-state index contributed by atoms with van der Waals surface area (Å²) in [4.78, 5) is 0.216. The minimum absolute atomic E-state index is 0.0751. The van der Waals surface area contributed by atoms with Crippen molar-refractivity contribution in [2.24, 2.45) is 0 Å². The molecule has 0 saturated carbocycles. The molecule has 1 unspecified atom stereocenters. The molecule has 3 N–H and O–H groups in total. The SMILES string of the molecule is CSCCC(C)NS(=O)(=O)c1cccc(N)c1. The third-order valence-electron chi connectivity index (χ3n) is 2.28. The Morgan fingerprint density at radius 2 is 2.18 bits per heavy atom. The first kappa shape index (κ1) is 14.3. The second kappa shape index (κ2) is 6.28. The summed E-state index contributed by atoms with van der Waals surface area (Å²) in [5.74, 6) is 0.931. The van der Waals surface area contributed by atoms with Gasteiger partial charge < -0.3 is 5.73 Å². The Bertz CT molecular complexity index is 460. The predicted octanol–water partition coefficient (Wildman–Crippen LogP) is 1.69. The average Bonchev–Trinajstić information content (AvgIpc) is 2.26. The zero-order valence-electron chi connectivity index (χ0n) is 10.0. The summed E-state index contributed by atoms with van der Waals surface area (Å²) in [6.07, 6.45) is 2.81. The van der Waals surface area contributed by atoms with E-state index in [-0.39, 0.29) is 10.9 Å². The smallest absolute Gasteiger partial charge is 0.240 e. The Labute approximate surface area is 107 Å². The van der Waals surface area contributed by atoms with Crippen molar-refractivity contribution in [3.63, 3.8) is 0 Å². The number of anilines is 1. The van der Waals surface area contributed by atoms with Crippen molar-refractivity contribution in [3.8, 4) is 0 Å². The first-order valence-electron chi connectivity index (χ1n) is 5.32. The number of benzene rings is 1. The molecule has 0 spiro atoms. The number of sulfonamides is 1. The summed E-state index contributed by atoms with van der Waals surface area (Å²) in [6.45, 7) is 1.86. The van der Waals surface area contributed by atoms with Crippen molar-refractivity contribution < 1.29 is 8.42 Å². The predicted molar refractivity (Wildman–Crippen MR) is 73.6 cm³/mol. The molecule has 0 amide bonds. The summed E-state index contributed by atoms with van der Waals surface area (Å²) in [6, 6.07) is 6.23. The summed E-state index contributed by atoms with van der Waals surface area (Å²) >= 11 is 1.70. The summed E-state index contributed by atoms with van der Waals surface area (Å²) in [7, 11) is -3.45. The highest BCUT2D eigenvalue weighted by Crippen LogP contribution is 2.13. The van der Waals surface area contributed by atoms with E-state index in [9.17, 15) is 8.42 Å². The summed E-state index contributed by atoms with van der Waals surface area (Å²) in [5, 5.41) is 0. The number of rotatable bonds is 6. The van der Waals surface area contributed by atoms with Crippen LogP contribution in [-0.4, -0.2) is 26.5 Å². The molecule has 0 fully saturated rings. The van der Waals surface area contributed by atoms with Crippen LogP contribution in [0.15, 0.2) is 29.2 Å². The number of nitrogens with one attached hydrogen (secondary N) is 1. The Kier molecular flexibility index (Phi) is 5.30. The van der Waals surface area contributed by atoms with Crippen molar-refractivity contribution in [1.82, 2.24) is 4.72 Å². The van der Waals surface area contributed by atoms with E-state index < -0.39 is 10.0 Å². The van der Waals surface area contributed by atoms with Crippen molar-refractivity contribution in [1.29, 1.82) is 0 Å². The molecule has 0 aliphatic heterocycles. The molecule has 0 aliphatic rings. The zero-order valence-corrected chi connectivity index (χ0v) is 11.6. The molecule has 0 saturated heterocycles. The van der Waals surface area contributed by atoms with Crippen LogP contribution in [0.3, 0.4) is 0 Å². The molecule has 1 aromatic rings. The number of thioether (sulfide) groups is 1. The maximum atomic E-state index is 12.0. The molecular formula is C11H18N2O2S2. The molecule has 17 heavy (non-hydrogen) atoms. The lowest BCUT2D eigenvalue weighted by Crippen LogP contribution is -2.33. The molecule has 0 radical (unpaired) electrons. The van der Waals surface area contributed by atoms with Gasteiger partial charge in [0.2, 0.25) is 10.0 Å². The number of nitrogens with two attached hydrogens (primary N) is 1. The quantitative estimate of drug-likeness (QED) is 0.774. The van der Waals surface area contributed by atoms with Gasteiger partial charge in [-0.25, -0.2) is 13.1 Å². The van der Waals surface area contributed by atoms with Crippen LogP contribution in [-0.2, 0) is 10.0 Å². The molecular weight excluding hydrogens is 256 g/mol. The van der Waals surface area contributed by atoms with Crippen molar-refractivity contribution >= 4 is 27.5 Å². The molecule has 6 heteroatoms. The van der Waals surface area contributed by atoms with Gasteiger partial charge in [-0.2, -0.15) is 11.8 Å². The van der Waals surface area contributed by atoms with E-state index in [0.29, 0.717) is 5.69 Å². The third-order valence-corrected chi connectivity index (χ3v) is 4.51. The zero-order chi connectivity index (χ0) is 12.9. The lowest BCUT2D eigenvalue weighted by atomic mass is 10.3. The van der Waals surface area contributed by atoms with Gasteiger partial charge >= 0.3 is 0 Å². The van der Waals surface area contributed by atoms with Crippen LogP contribution in [0.4, 0.5) is 5.69 Å². The molecule has 96 valence electrons. The Morgan fingerprint density at radius 3 is 2.76 bits per heavy atom. The normalized spacial score (nSPS) is 13.5. The van der Waals surface area contributed by atoms with Gasteiger partial charge in [0.05, 0.1) is 4.90 Å². The summed E-state index contributed by atoms with van der Waals surface area (Å²) in [5.41, 5.74) is 6.02. The lowest BCUT2D eigenvalue weighted by Gasteiger charge is -2.13. The highest BCUT2D eigenvalue weighted by molar-refractivity contribution is 7.98. The van der Waals surface area contributed by atoms with Crippen LogP contribution < -0.4 is 10.5 Å². The molecule has 0 bridgehead atoms. The van der Waals surface area contributed by atoms with Crippen LogP contribution >= 0.6 is 11.8 Å². The Morgan fingerprint density at radius 1 is 1.47 bits per heavy atom. The van der Waals surface area contributed by atoms with Gasteiger partial charge in [0.1, 0.15) is 0 Å². The van der Waals surface area contributed by atoms with E-state index in [0.717, 1.165) is 12.2 Å². The third kappa shape index (κ3) is 4.57. The molecule has 4 nitrogen and oxygen atoms in total. The standard InChI is InChI=1S/C11H18N2O2S2/c1-9(6-7-16-2)13-17(14,15)11-5-3-4-10(12)8-11/h3-5,8-9,13H,6-7,12H2,1-2H3.